The van der Waals surface area contributed by atoms with Crippen molar-refractivity contribution in [2.24, 2.45) is 0 Å². The lowest BCUT2D eigenvalue weighted by atomic mass is 10.0. The molecular formula is C32H30F3N3O3. The van der Waals surface area contributed by atoms with Crippen molar-refractivity contribution >= 4 is 28.8 Å². The maximum Gasteiger partial charge on any atom is 0.416 e. The molecule has 5 rings (SSSR count). The van der Waals surface area contributed by atoms with Crippen LogP contribution in [-0.2, 0) is 12.6 Å². The molecule has 1 aromatic heterocycles. The summed E-state index contributed by atoms with van der Waals surface area (Å²) in [7, 11) is 0. The number of carbonyl (C=O) groups is 2. The fourth-order valence-electron chi connectivity index (χ4n) is 5.05. The molecule has 4 aromatic rings. The Balaban J connectivity index is 1.32. The number of hydrogen-bond donors (Lipinski definition) is 1. The molecule has 1 aliphatic rings. The maximum absolute atomic E-state index is 13.1. The van der Waals surface area contributed by atoms with Crippen LogP contribution in [0.4, 0.5) is 30.2 Å². The summed E-state index contributed by atoms with van der Waals surface area (Å²) in [6.07, 6.45) is -2.57. The molecule has 0 aliphatic carbocycles. The van der Waals surface area contributed by atoms with Crippen LogP contribution in [0.15, 0.2) is 89.5 Å². The van der Waals surface area contributed by atoms with E-state index in [1.165, 1.54) is 29.6 Å². The Morgan fingerprint density at radius 1 is 0.854 bits per heavy atom. The molecule has 0 unspecified atom stereocenters. The molecule has 1 aliphatic heterocycles. The Morgan fingerprint density at radius 2 is 1.54 bits per heavy atom. The van der Waals surface area contributed by atoms with Crippen molar-refractivity contribution in [1.82, 2.24) is 0 Å². The van der Waals surface area contributed by atoms with Crippen molar-refractivity contribution in [3.63, 3.8) is 0 Å². The number of nitrogens with one attached hydrogen (secondary N) is 1. The van der Waals surface area contributed by atoms with Crippen molar-refractivity contribution in [2.75, 3.05) is 41.3 Å². The van der Waals surface area contributed by atoms with E-state index in [2.05, 4.69) is 34.2 Å². The number of amides is 1. The third-order valence-electron chi connectivity index (χ3n) is 7.31. The number of halogens is 3. The van der Waals surface area contributed by atoms with E-state index < -0.39 is 17.6 Å². The molecule has 3 aromatic carbocycles. The van der Waals surface area contributed by atoms with Crippen molar-refractivity contribution in [3.05, 3.63) is 113 Å². The molecule has 212 valence electrons. The van der Waals surface area contributed by atoms with Gasteiger partial charge in [0, 0.05) is 43.9 Å². The number of hydrogen-bond acceptors (Lipinski definition) is 5. The van der Waals surface area contributed by atoms with Crippen molar-refractivity contribution in [1.29, 1.82) is 0 Å². The summed E-state index contributed by atoms with van der Waals surface area (Å²) in [5.41, 5.74) is 4.04. The first-order chi connectivity index (χ1) is 19.7. The first-order valence-corrected chi connectivity index (χ1v) is 13.4. The zero-order chi connectivity index (χ0) is 29.0. The van der Waals surface area contributed by atoms with E-state index in [9.17, 15) is 22.8 Å². The van der Waals surface area contributed by atoms with Gasteiger partial charge in [-0.15, -0.1) is 0 Å². The SMILES string of the molecule is Cc1ccccc1N1CCN(c2ccc(C(=O)CCc3ccc(C(F)(F)F)cc3)cc2NC(=O)c2ccco2)CC1. The lowest BCUT2D eigenvalue weighted by Gasteiger charge is -2.38. The number of piperazine rings is 1. The molecule has 9 heteroatoms. The molecule has 2 heterocycles. The number of ketones is 1. The lowest BCUT2D eigenvalue weighted by molar-refractivity contribution is -0.137. The summed E-state index contributed by atoms with van der Waals surface area (Å²) >= 11 is 0. The molecule has 1 amide bonds. The van der Waals surface area contributed by atoms with Gasteiger partial charge in [-0.05, 0) is 73.0 Å². The second-order valence-corrected chi connectivity index (χ2v) is 10.0. The summed E-state index contributed by atoms with van der Waals surface area (Å²) in [5, 5.41) is 2.90. The van der Waals surface area contributed by atoms with Gasteiger partial charge in [0.1, 0.15) is 0 Å². The quantitative estimate of drug-likeness (QED) is 0.235. The van der Waals surface area contributed by atoms with Gasteiger partial charge in [-0.1, -0.05) is 30.3 Å². The molecule has 0 saturated carbocycles. The monoisotopic (exact) mass is 561 g/mol. The van der Waals surface area contributed by atoms with Gasteiger partial charge in [0.15, 0.2) is 11.5 Å². The molecule has 1 N–H and O–H groups in total. The second kappa shape index (κ2) is 11.9. The molecule has 0 atom stereocenters. The van der Waals surface area contributed by atoms with E-state index in [1.54, 1.807) is 24.3 Å². The van der Waals surface area contributed by atoms with Crippen LogP contribution in [0.3, 0.4) is 0 Å². The first-order valence-electron chi connectivity index (χ1n) is 13.4. The summed E-state index contributed by atoms with van der Waals surface area (Å²) in [4.78, 5) is 30.5. The molecule has 1 fully saturated rings. The maximum atomic E-state index is 13.1. The number of alkyl halides is 3. The number of Topliss-reactive ketones (excluding diaryl/α,β-unsaturated/α-hetero) is 1. The van der Waals surface area contributed by atoms with E-state index in [4.69, 9.17) is 4.42 Å². The van der Waals surface area contributed by atoms with Gasteiger partial charge in [-0.25, -0.2) is 0 Å². The van der Waals surface area contributed by atoms with Crippen molar-refractivity contribution in [2.45, 2.75) is 25.9 Å². The molecule has 0 spiro atoms. The predicted molar refractivity (Wildman–Crippen MR) is 153 cm³/mol. The minimum Gasteiger partial charge on any atom is -0.459 e. The number of benzene rings is 3. The first kappa shape index (κ1) is 28.0. The minimum absolute atomic E-state index is 0.116. The standard InChI is InChI=1S/C32H30F3N3O3/c1-22-5-2-3-6-27(22)37-16-18-38(19-17-37)28-14-11-24(21-26(28)36-31(40)30-7-4-20-41-30)29(39)15-10-23-8-12-25(13-9-23)32(33,34)35/h2-9,11-14,20-21H,10,15-19H2,1H3,(H,36,40). The highest BCUT2D eigenvalue weighted by Crippen LogP contribution is 2.32. The minimum atomic E-state index is -4.40. The van der Waals surface area contributed by atoms with E-state index >= 15 is 0 Å². The zero-order valence-corrected chi connectivity index (χ0v) is 22.6. The Kier molecular flexibility index (Phi) is 8.14. The van der Waals surface area contributed by atoms with Crippen LogP contribution in [0.5, 0.6) is 0 Å². The normalized spacial score (nSPS) is 13.8. The number of rotatable bonds is 8. The highest BCUT2D eigenvalue weighted by molar-refractivity contribution is 6.06. The van der Waals surface area contributed by atoms with E-state index in [0.717, 1.165) is 44.0 Å². The summed E-state index contributed by atoms with van der Waals surface area (Å²) in [5.74, 6) is -0.446. The van der Waals surface area contributed by atoms with E-state index in [1.807, 2.05) is 18.2 Å². The smallest absolute Gasteiger partial charge is 0.416 e. The van der Waals surface area contributed by atoms with Gasteiger partial charge in [-0.2, -0.15) is 13.2 Å². The number of nitrogens with zero attached hydrogens (tertiary/aromatic N) is 2. The van der Waals surface area contributed by atoms with E-state index in [-0.39, 0.29) is 18.0 Å². The van der Waals surface area contributed by atoms with Crippen LogP contribution in [0.1, 0.15) is 44.0 Å². The van der Waals surface area contributed by atoms with Crippen LogP contribution in [0.2, 0.25) is 0 Å². The molecular weight excluding hydrogens is 531 g/mol. The van der Waals surface area contributed by atoms with E-state index in [0.29, 0.717) is 23.2 Å². The molecule has 0 radical (unpaired) electrons. The third kappa shape index (κ3) is 6.62. The van der Waals surface area contributed by atoms with Crippen LogP contribution >= 0.6 is 0 Å². The zero-order valence-electron chi connectivity index (χ0n) is 22.6. The average Bonchev–Trinajstić information content (AvgIpc) is 3.52. The Bertz CT molecular complexity index is 1510. The Labute approximate surface area is 236 Å². The van der Waals surface area contributed by atoms with Gasteiger partial charge in [0.2, 0.25) is 0 Å². The Morgan fingerprint density at radius 3 is 2.17 bits per heavy atom. The average molecular weight is 562 g/mol. The highest BCUT2D eigenvalue weighted by Gasteiger charge is 2.30. The summed E-state index contributed by atoms with van der Waals surface area (Å²) in [6, 6.07) is 21.5. The topological polar surface area (TPSA) is 65.8 Å². The molecule has 41 heavy (non-hydrogen) atoms. The lowest BCUT2D eigenvalue weighted by Crippen LogP contribution is -2.47. The largest absolute Gasteiger partial charge is 0.459 e. The third-order valence-corrected chi connectivity index (χ3v) is 7.31. The van der Waals surface area contributed by atoms with Gasteiger partial charge >= 0.3 is 6.18 Å². The number of carbonyl (C=O) groups excluding carboxylic acids is 2. The number of para-hydroxylation sites is 1. The molecule has 0 bridgehead atoms. The van der Waals surface area contributed by atoms with Crippen LogP contribution in [0, 0.1) is 6.92 Å². The fraction of sp³-hybridized carbons (Fsp3) is 0.250. The predicted octanol–water partition coefficient (Wildman–Crippen LogP) is 7.00. The van der Waals surface area contributed by atoms with Gasteiger partial charge in [0.25, 0.3) is 5.91 Å². The summed E-state index contributed by atoms with van der Waals surface area (Å²) in [6.45, 7) is 5.13. The van der Waals surface area contributed by atoms with Gasteiger partial charge in [0.05, 0.1) is 23.2 Å². The number of furan rings is 1. The van der Waals surface area contributed by atoms with Gasteiger partial charge < -0.3 is 19.5 Å². The van der Waals surface area contributed by atoms with Crippen LogP contribution in [0.25, 0.3) is 0 Å². The number of aryl methyl sites for hydroxylation is 2. The highest BCUT2D eigenvalue weighted by atomic mass is 19.4. The van der Waals surface area contributed by atoms with Gasteiger partial charge in [-0.3, -0.25) is 9.59 Å². The van der Waals surface area contributed by atoms with Crippen LogP contribution in [-0.4, -0.2) is 37.9 Å². The molecule has 6 nitrogen and oxygen atoms in total. The molecule has 1 saturated heterocycles. The Hall–Kier alpha value is -4.53. The van der Waals surface area contributed by atoms with Crippen molar-refractivity contribution < 1.29 is 27.2 Å². The van der Waals surface area contributed by atoms with Crippen molar-refractivity contribution in [3.8, 4) is 0 Å². The fourth-order valence-corrected chi connectivity index (χ4v) is 5.05. The van der Waals surface area contributed by atoms with Crippen LogP contribution < -0.4 is 15.1 Å². The summed E-state index contributed by atoms with van der Waals surface area (Å²) < 4.78 is 43.8. The second-order valence-electron chi connectivity index (χ2n) is 10.0. The number of anilines is 3.